The number of nitrogens with zero attached hydrogens (tertiary/aromatic N) is 1. The Hall–Kier alpha value is -1.54. The molecule has 0 aromatic carbocycles. The van der Waals surface area contributed by atoms with Crippen molar-refractivity contribution < 1.29 is 9.21 Å². The summed E-state index contributed by atoms with van der Waals surface area (Å²) >= 11 is 3.17. The summed E-state index contributed by atoms with van der Waals surface area (Å²) < 4.78 is 5.63. The van der Waals surface area contributed by atoms with Gasteiger partial charge in [0.2, 0.25) is 0 Å². The zero-order valence-corrected chi connectivity index (χ0v) is 8.04. The van der Waals surface area contributed by atoms with Crippen molar-refractivity contribution in [3.8, 4) is 6.07 Å². The molecule has 0 aliphatic rings. The van der Waals surface area contributed by atoms with Gasteiger partial charge in [-0.3, -0.25) is 4.79 Å². The van der Waals surface area contributed by atoms with Crippen molar-refractivity contribution in [3.05, 3.63) is 28.1 Å². The highest BCUT2D eigenvalue weighted by molar-refractivity contribution is 9.10. The lowest BCUT2D eigenvalue weighted by Crippen LogP contribution is -2.12. The number of carbonyl (C=O) groups is 1. The molecule has 1 aromatic heterocycles. The molecule has 4 nitrogen and oxygen atoms in total. The molecule has 0 radical (unpaired) electrons. The standard InChI is InChI=1S/C8H5BrN2O2/c9-6-1-2-13-7(6)3-5(4-10)8(11)12/h1-3H,(H2,11,12)/b5-3+. The lowest BCUT2D eigenvalue weighted by atomic mass is 10.2. The molecule has 5 heteroatoms. The van der Waals surface area contributed by atoms with E-state index in [-0.39, 0.29) is 5.57 Å². The van der Waals surface area contributed by atoms with Crippen molar-refractivity contribution in [2.24, 2.45) is 5.73 Å². The third kappa shape index (κ3) is 2.20. The van der Waals surface area contributed by atoms with E-state index in [0.29, 0.717) is 10.2 Å². The third-order valence-electron chi connectivity index (χ3n) is 1.31. The van der Waals surface area contributed by atoms with Gasteiger partial charge in [0.25, 0.3) is 5.91 Å². The van der Waals surface area contributed by atoms with Gasteiger partial charge in [-0.25, -0.2) is 0 Å². The number of furan rings is 1. The van der Waals surface area contributed by atoms with Crippen LogP contribution in [0.25, 0.3) is 6.08 Å². The highest BCUT2D eigenvalue weighted by Gasteiger charge is 2.06. The number of rotatable bonds is 2. The summed E-state index contributed by atoms with van der Waals surface area (Å²) in [6, 6.07) is 3.33. The van der Waals surface area contributed by atoms with Crippen molar-refractivity contribution in [1.29, 1.82) is 5.26 Å². The Morgan fingerprint density at radius 2 is 2.46 bits per heavy atom. The van der Waals surface area contributed by atoms with Crippen molar-refractivity contribution in [3.63, 3.8) is 0 Å². The van der Waals surface area contributed by atoms with Crippen LogP contribution in [-0.2, 0) is 4.79 Å². The molecule has 2 N–H and O–H groups in total. The Balaban J connectivity index is 3.07. The van der Waals surface area contributed by atoms with Crippen LogP contribution < -0.4 is 5.73 Å². The van der Waals surface area contributed by atoms with E-state index in [9.17, 15) is 4.79 Å². The first-order chi connectivity index (χ1) is 6.15. The molecule has 1 heterocycles. The highest BCUT2D eigenvalue weighted by atomic mass is 79.9. The number of hydrogen-bond acceptors (Lipinski definition) is 3. The fraction of sp³-hybridized carbons (Fsp3) is 0. The van der Waals surface area contributed by atoms with E-state index in [2.05, 4.69) is 15.9 Å². The molecule has 0 aliphatic heterocycles. The van der Waals surface area contributed by atoms with Gasteiger partial charge in [-0.05, 0) is 22.0 Å². The van der Waals surface area contributed by atoms with Gasteiger partial charge in [-0.15, -0.1) is 0 Å². The number of carbonyl (C=O) groups excluding carboxylic acids is 1. The largest absolute Gasteiger partial charge is 0.464 e. The third-order valence-corrected chi connectivity index (χ3v) is 1.96. The number of hydrogen-bond donors (Lipinski definition) is 1. The van der Waals surface area contributed by atoms with Crippen molar-refractivity contribution in [1.82, 2.24) is 0 Å². The molecule has 1 aromatic rings. The second-order valence-electron chi connectivity index (χ2n) is 2.17. The molecule has 0 spiro atoms. The molecule has 0 saturated carbocycles. The SMILES string of the molecule is N#C/C(=C\c1occc1Br)C(N)=O. The Labute approximate surface area is 82.8 Å². The van der Waals surface area contributed by atoms with Gasteiger partial charge >= 0.3 is 0 Å². The summed E-state index contributed by atoms with van der Waals surface area (Å²) in [7, 11) is 0. The number of amides is 1. The molecule has 0 atom stereocenters. The van der Waals surface area contributed by atoms with E-state index in [0.717, 1.165) is 0 Å². The maximum Gasteiger partial charge on any atom is 0.259 e. The second kappa shape index (κ2) is 3.92. The lowest BCUT2D eigenvalue weighted by molar-refractivity contribution is -0.114. The summed E-state index contributed by atoms with van der Waals surface area (Å²) in [5.41, 5.74) is 4.78. The summed E-state index contributed by atoms with van der Waals surface area (Å²) in [5.74, 6) is -0.374. The monoisotopic (exact) mass is 240 g/mol. The van der Waals surface area contributed by atoms with Gasteiger partial charge < -0.3 is 10.2 Å². The topological polar surface area (TPSA) is 80.0 Å². The Morgan fingerprint density at radius 3 is 2.85 bits per heavy atom. The van der Waals surface area contributed by atoms with E-state index in [1.54, 1.807) is 12.1 Å². The van der Waals surface area contributed by atoms with Crippen LogP contribution >= 0.6 is 15.9 Å². The first kappa shape index (κ1) is 9.55. The zero-order valence-electron chi connectivity index (χ0n) is 6.45. The van der Waals surface area contributed by atoms with Crippen LogP contribution in [0.3, 0.4) is 0 Å². The van der Waals surface area contributed by atoms with E-state index < -0.39 is 5.91 Å². The van der Waals surface area contributed by atoms with Gasteiger partial charge in [0.1, 0.15) is 17.4 Å². The molecule has 0 unspecified atom stereocenters. The van der Waals surface area contributed by atoms with Crippen molar-refractivity contribution in [2.45, 2.75) is 0 Å². The van der Waals surface area contributed by atoms with Crippen LogP contribution in [0.15, 0.2) is 26.8 Å². The molecular formula is C8H5BrN2O2. The molecule has 0 bridgehead atoms. The summed E-state index contributed by atoms with van der Waals surface area (Å²) in [5, 5.41) is 8.51. The predicted octanol–water partition coefficient (Wildman–Crippen LogP) is 1.43. The second-order valence-corrected chi connectivity index (χ2v) is 3.02. The highest BCUT2D eigenvalue weighted by Crippen LogP contribution is 2.20. The van der Waals surface area contributed by atoms with Crippen LogP contribution in [0, 0.1) is 11.3 Å². The summed E-state index contributed by atoms with van der Waals surface area (Å²) in [6.45, 7) is 0. The Kier molecular flexibility index (Phi) is 2.88. The first-order valence-electron chi connectivity index (χ1n) is 3.29. The average molecular weight is 241 g/mol. The fourth-order valence-electron chi connectivity index (χ4n) is 0.698. The van der Waals surface area contributed by atoms with Gasteiger partial charge in [-0.1, -0.05) is 0 Å². The molecule has 66 valence electrons. The predicted molar refractivity (Wildman–Crippen MR) is 49.2 cm³/mol. The molecular weight excluding hydrogens is 236 g/mol. The maximum absolute atomic E-state index is 10.6. The lowest BCUT2D eigenvalue weighted by Gasteiger charge is -1.89. The number of nitrogens with two attached hydrogens (primary N) is 1. The Morgan fingerprint density at radius 1 is 1.77 bits per heavy atom. The van der Waals surface area contributed by atoms with Crippen molar-refractivity contribution in [2.75, 3.05) is 0 Å². The van der Waals surface area contributed by atoms with Crippen molar-refractivity contribution >= 4 is 27.9 Å². The van der Waals surface area contributed by atoms with Crippen LogP contribution in [0.1, 0.15) is 5.76 Å². The normalized spacial score (nSPS) is 10.9. The minimum atomic E-state index is -0.772. The zero-order chi connectivity index (χ0) is 9.84. The number of primary amides is 1. The minimum absolute atomic E-state index is 0.143. The molecule has 0 fully saturated rings. The molecule has 0 saturated heterocycles. The van der Waals surface area contributed by atoms with E-state index in [1.165, 1.54) is 12.3 Å². The Bertz CT molecular complexity index is 401. The minimum Gasteiger partial charge on any atom is -0.464 e. The first-order valence-corrected chi connectivity index (χ1v) is 4.09. The number of halogens is 1. The van der Waals surface area contributed by atoms with E-state index >= 15 is 0 Å². The van der Waals surface area contributed by atoms with Crippen LogP contribution in [0.5, 0.6) is 0 Å². The van der Waals surface area contributed by atoms with Gasteiger partial charge in [0.05, 0.1) is 10.7 Å². The average Bonchev–Trinajstić information content (AvgIpc) is 2.46. The summed E-state index contributed by atoms with van der Waals surface area (Å²) in [4.78, 5) is 10.6. The molecule has 1 amide bonds. The van der Waals surface area contributed by atoms with E-state index in [4.69, 9.17) is 15.4 Å². The molecule has 0 aliphatic carbocycles. The van der Waals surface area contributed by atoms with Crippen LogP contribution in [0.4, 0.5) is 0 Å². The van der Waals surface area contributed by atoms with Gasteiger partial charge in [-0.2, -0.15) is 5.26 Å². The number of nitriles is 1. The smallest absolute Gasteiger partial charge is 0.259 e. The molecule has 1 rings (SSSR count). The van der Waals surface area contributed by atoms with Crippen LogP contribution in [-0.4, -0.2) is 5.91 Å². The van der Waals surface area contributed by atoms with Gasteiger partial charge in [0, 0.05) is 6.08 Å². The van der Waals surface area contributed by atoms with Crippen LogP contribution in [0.2, 0.25) is 0 Å². The van der Waals surface area contributed by atoms with Gasteiger partial charge in [0.15, 0.2) is 0 Å². The molecule has 13 heavy (non-hydrogen) atoms. The fourth-order valence-corrected chi connectivity index (χ4v) is 1.01. The quantitative estimate of drug-likeness (QED) is 0.628. The van der Waals surface area contributed by atoms with E-state index in [1.807, 2.05) is 0 Å². The summed E-state index contributed by atoms with van der Waals surface area (Å²) in [6.07, 6.45) is 2.72. The maximum atomic E-state index is 10.6.